The Balaban J connectivity index is 1.33. The smallest absolute Gasteiger partial charge is 0.337 e. The number of nitrogens with zero attached hydrogens (tertiary/aromatic N) is 2. The number of nitriles is 1. The second-order valence-corrected chi connectivity index (χ2v) is 12.6. The molecule has 13 heteroatoms. The van der Waals surface area contributed by atoms with Crippen LogP contribution in [0.1, 0.15) is 40.9 Å². The first kappa shape index (κ1) is 34.4. The summed E-state index contributed by atoms with van der Waals surface area (Å²) in [5.41, 5.74) is 0.749. The van der Waals surface area contributed by atoms with Crippen molar-refractivity contribution in [1.29, 1.82) is 5.26 Å². The van der Waals surface area contributed by atoms with Gasteiger partial charge in [-0.05, 0) is 58.4 Å². The Labute approximate surface area is 283 Å². The molecule has 1 fully saturated rings. The van der Waals surface area contributed by atoms with Gasteiger partial charge < -0.3 is 24.8 Å². The van der Waals surface area contributed by atoms with Crippen molar-refractivity contribution in [3.05, 3.63) is 105 Å². The molecule has 2 heterocycles. The summed E-state index contributed by atoms with van der Waals surface area (Å²) >= 11 is 3.41. The van der Waals surface area contributed by atoms with E-state index >= 15 is 8.78 Å². The van der Waals surface area contributed by atoms with Gasteiger partial charge in [-0.3, -0.25) is 4.79 Å². The van der Waals surface area contributed by atoms with Crippen molar-refractivity contribution in [3.8, 4) is 23.2 Å². The number of amides is 1. The highest BCUT2D eigenvalue weighted by Crippen LogP contribution is 2.37. The number of anilines is 2. The number of hydrogen-bond acceptors (Lipinski definition) is 8. The Morgan fingerprint density at radius 2 is 1.83 bits per heavy atom. The lowest BCUT2D eigenvalue weighted by Crippen LogP contribution is -2.35. The van der Waals surface area contributed by atoms with Crippen molar-refractivity contribution in [2.75, 3.05) is 31.0 Å². The third-order valence-electron chi connectivity index (χ3n) is 7.85. The van der Waals surface area contributed by atoms with Crippen molar-refractivity contribution >= 4 is 39.2 Å². The maximum atomic E-state index is 15.4. The Kier molecular flexibility index (Phi) is 10.4. The molecule has 0 aliphatic carbocycles. The maximum absolute atomic E-state index is 15.4. The average molecular weight is 724 g/mol. The Hall–Kier alpha value is -4.93. The van der Waals surface area contributed by atoms with Gasteiger partial charge >= 0.3 is 5.97 Å². The summed E-state index contributed by atoms with van der Waals surface area (Å²) in [6.07, 6.45) is -0.502. The van der Waals surface area contributed by atoms with Gasteiger partial charge in [0, 0.05) is 32.6 Å². The van der Waals surface area contributed by atoms with Crippen LogP contribution in [-0.2, 0) is 27.3 Å². The monoisotopic (exact) mass is 722 g/mol. The number of ether oxygens (including phenoxy) is 3. The van der Waals surface area contributed by atoms with Gasteiger partial charge in [0.05, 0.1) is 67.1 Å². The van der Waals surface area contributed by atoms with E-state index in [1.165, 1.54) is 43.5 Å². The largest absolute Gasteiger partial charge is 0.473 e. The summed E-state index contributed by atoms with van der Waals surface area (Å²) in [6.45, 7) is 4.75. The molecule has 48 heavy (non-hydrogen) atoms. The third kappa shape index (κ3) is 7.78. The molecule has 1 saturated heterocycles. The van der Waals surface area contributed by atoms with E-state index in [-0.39, 0.29) is 57.5 Å². The number of benzene rings is 3. The number of pyridine rings is 1. The van der Waals surface area contributed by atoms with Crippen LogP contribution in [0, 0.1) is 34.2 Å². The molecule has 0 saturated carbocycles. The highest BCUT2D eigenvalue weighted by Gasteiger charge is 2.36. The first-order valence-corrected chi connectivity index (χ1v) is 15.5. The summed E-state index contributed by atoms with van der Waals surface area (Å²) in [6, 6.07) is 15.0. The first-order chi connectivity index (χ1) is 22.9. The Morgan fingerprint density at radius 3 is 2.52 bits per heavy atom. The van der Waals surface area contributed by atoms with E-state index in [1.54, 1.807) is 6.07 Å². The standard InChI is InChI=1S/C35H30BrF3N4O5/c1-35(2)18-47-17-30(35)41-29-12-22(34(45)46-3)10-24(36)33(29)43-31(44)13-21-11-27(39)23(14-26(21)38)28-5-4-6-32(42-28)48-16-20-8-7-19(15-40)9-25(20)37/h4-12,14,30,41H,13,16-18H2,1-3H3,(H,43,44). The van der Waals surface area contributed by atoms with Gasteiger partial charge in [-0.15, -0.1) is 0 Å². The average Bonchev–Trinajstić information content (AvgIpc) is 3.39. The topological polar surface area (TPSA) is 123 Å². The Bertz CT molecular complexity index is 1930. The van der Waals surface area contributed by atoms with E-state index in [1.807, 2.05) is 19.9 Å². The molecule has 2 N–H and O–H groups in total. The fraction of sp³-hybridized carbons (Fsp3) is 0.257. The number of methoxy groups -OCH3 is 1. The minimum absolute atomic E-state index is 0.0419. The molecule has 248 valence electrons. The van der Waals surface area contributed by atoms with E-state index in [0.717, 1.165) is 18.2 Å². The van der Waals surface area contributed by atoms with Crippen LogP contribution < -0.4 is 15.4 Å². The molecule has 4 aromatic rings. The summed E-state index contributed by atoms with van der Waals surface area (Å²) in [5, 5.41) is 15.0. The molecule has 1 unspecified atom stereocenters. The molecule has 1 aliphatic rings. The fourth-order valence-electron chi connectivity index (χ4n) is 5.08. The SMILES string of the molecule is COC(=O)c1cc(Br)c(NC(=O)Cc2cc(F)c(-c3cccc(OCc4ccc(C#N)cc4F)n3)cc2F)c(NC2COCC2(C)C)c1. The summed E-state index contributed by atoms with van der Waals surface area (Å²) in [5.74, 6) is -3.46. The molecule has 1 atom stereocenters. The van der Waals surface area contributed by atoms with Crippen molar-refractivity contribution in [3.63, 3.8) is 0 Å². The van der Waals surface area contributed by atoms with Crippen LogP contribution >= 0.6 is 15.9 Å². The lowest BCUT2D eigenvalue weighted by atomic mass is 9.87. The van der Waals surface area contributed by atoms with E-state index in [2.05, 4.69) is 31.5 Å². The second-order valence-electron chi connectivity index (χ2n) is 11.8. The zero-order valence-electron chi connectivity index (χ0n) is 26.1. The van der Waals surface area contributed by atoms with Gasteiger partial charge in [0.1, 0.15) is 24.1 Å². The zero-order chi connectivity index (χ0) is 34.6. The molecule has 0 spiro atoms. The molecular formula is C35H30BrF3N4O5. The zero-order valence-corrected chi connectivity index (χ0v) is 27.7. The number of carbonyl (C=O) groups excluding carboxylic acids is 2. The van der Waals surface area contributed by atoms with Gasteiger partial charge in [-0.1, -0.05) is 26.0 Å². The number of hydrogen-bond donors (Lipinski definition) is 2. The molecular weight excluding hydrogens is 693 g/mol. The number of halogens is 4. The lowest BCUT2D eigenvalue weighted by molar-refractivity contribution is -0.115. The molecule has 1 aliphatic heterocycles. The summed E-state index contributed by atoms with van der Waals surface area (Å²) in [4.78, 5) is 29.7. The van der Waals surface area contributed by atoms with Crippen LogP contribution in [-0.4, -0.2) is 43.2 Å². The van der Waals surface area contributed by atoms with Crippen molar-refractivity contribution in [2.24, 2.45) is 5.41 Å². The van der Waals surface area contributed by atoms with E-state index < -0.39 is 35.7 Å². The minimum atomic E-state index is -0.836. The molecule has 3 aromatic carbocycles. The predicted octanol–water partition coefficient (Wildman–Crippen LogP) is 7.18. The molecule has 1 aromatic heterocycles. The van der Waals surface area contributed by atoms with Crippen LogP contribution in [0.25, 0.3) is 11.3 Å². The minimum Gasteiger partial charge on any atom is -0.473 e. The summed E-state index contributed by atoms with van der Waals surface area (Å²) < 4.78 is 61.3. The number of rotatable bonds is 10. The molecule has 0 radical (unpaired) electrons. The van der Waals surface area contributed by atoms with E-state index in [9.17, 15) is 14.0 Å². The van der Waals surface area contributed by atoms with Gasteiger partial charge in [0.2, 0.25) is 11.8 Å². The van der Waals surface area contributed by atoms with Crippen LogP contribution in [0.5, 0.6) is 5.88 Å². The van der Waals surface area contributed by atoms with Gasteiger partial charge in [-0.2, -0.15) is 5.26 Å². The van der Waals surface area contributed by atoms with Crippen molar-refractivity contribution in [2.45, 2.75) is 32.9 Å². The number of nitrogens with one attached hydrogen (secondary N) is 2. The predicted molar refractivity (Wildman–Crippen MR) is 175 cm³/mol. The molecule has 0 bridgehead atoms. The van der Waals surface area contributed by atoms with Crippen LogP contribution in [0.15, 0.2) is 65.1 Å². The molecule has 1 amide bonds. The highest BCUT2D eigenvalue weighted by molar-refractivity contribution is 9.10. The lowest BCUT2D eigenvalue weighted by Gasteiger charge is -2.28. The number of aromatic nitrogens is 1. The van der Waals surface area contributed by atoms with E-state index in [4.69, 9.17) is 19.5 Å². The van der Waals surface area contributed by atoms with Gasteiger partial charge in [0.25, 0.3) is 0 Å². The van der Waals surface area contributed by atoms with Crippen molar-refractivity contribution in [1.82, 2.24) is 4.98 Å². The van der Waals surface area contributed by atoms with Crippen molar-refractivity contribution < 1.29 is 37.0 Å². The molecule has 5 rings (SSSR count). The van der Waals surface area contributed by atoms with Gasteiger partial charge in [-0.25, -0.2) is 22.9 Å². The third-order valence-corrected chi connectivity index (χ3v) is 8.48. The first-order valence-electron chi connectivity index (χ1n) is 14.7. The normalized spacial score (nSPS) is 15.0. The van der Waals surface area contributed by atoms with Crippen LogP contribution in [0.2, 0.25) is 0 Å². The fourth-order valence-corrected chi connectivity index (χ4v) is 5.64. The molecule has 9 nitrogen and oxygen atoms in total. The van der Waals surface area contributed by atoms with Gasteiger partial charge in [0.15, 0.2) is 0 Å². The Morgan fingerprint density at radius 1 is 1.06 bits per heavy atom. The highest BCUT2D eigenvalue weighted by atomic mass is 79.9. The van der Waals surface area contributed by atoms with Crippen LogP contribution in [0.4, 0.5) is 24.5 Å². The van der Waals surface area contributed by atoms with Crippen LogP contribution in [0.3, 0.4) is 0 Å². The summed E-state index contributed by atoms with van der Waals surface area (Å²) in [7, 11) is 1.26. The maximum Gasteiger partial charge on any atom is 0.337 e. The van der Waals surface area contributed by atoms with E-state index in [0.29, 0.717) is 29.1 Å². The number of esters is 1. The second kappa shape index (κ2) is 14.5. The quantitative estimate of drug-likeness (QED) is 0.165. The number of carbonyl (C=O) groups is 2.